The molecule has 1 nitrogen and oxygen atoms in total. The monoisotopic (exact) mass is 234 g/mol. The van der Waals surface area contributed by atoms with Gasteiger partial charge in [-0.05, 0) is 56.8 Å². The van der Waals surface area contributed by atoms with Crippen LogP contribution in [-0.4, -0.2) is 12.7 Å². The third-order valence-electron chi connectivity index (χ3n) is 6.22. The standard InChI is InChI=1S/C16H26O/c1-10-6-7-11-13(10)14-12(15(14,2)3)8-9-16(11,4)17-5/h11-12,14H,6-9H2,1-5H3/t11-,12+,14-,16+/m1/s1. The van der Waals surface area contributed by atoms with Crippen LogP contribution in [0.4, 0.5) is 0 Å². The molecule has 0 saturated heterocycles. The third kappa shape index (κ3) is 1.41. The van der Waals surface area contributed by atoms with Crippen molar-refractivity contribution >= 4 is 0 Å². The lowest BCUT2D eigenvalue weighted by molar-refractivity contribution is -0.0395. The molecular formula is C16H26O. The zero-order valence-electron chi connectivity index (χ0n) is 12.0. The second kappa shape index (κ2) is 3.38. The first-order chi connectivity index (χ1) is 7.92. The Morgan fingerprint density at radius 3 is 2.53 bits per heavy atom. The Morgan fingerprint density at radius 2 is 1.88 bits per heavy atom. The van der Waals surface area contributed by atoms with Crippen molar-refractivity contribution in [3.8, 4) is 0 Å². The summed E-state index contributed by atoms with van der Waals surface area (Å²) in [6, 6.07) is 0. The molecule has 0 amide bonds. The van der Waals surface area contributed by atoms with Gasteiger partial charge < -0.3 is 4.74 Å². The fourth-order valence-electron chi connectivity index (χ4n) is 4.84. The summed E-state index contributed by atoms with van der Waals surface area (Å²) in [4.78, 5) is 0. The van der Waals surface area contributed by atoms with Crippen LogP contribution in [0, 0.1) is 23.2 Å². The van der Waals surface area contributed by atoms with Crippen molar-refractivity contribution < 1.29 is 4.74 Å². The molecule has 0 bridgehead atoms. The van der Waals surface area contributed by atoms with Gasteiger partial charge >= 0.3 is 0 Å². The fraction of sp³-hybridized carbons (Fsp3) is 0.875. The first-order valence-electron chi connectivity index (χ1n) is 7.16. The van der Waals surface area contributed by atoms with Crippen LogP contribution in [0.15, 0.2) is 11.1 Å². The topological polar surface area (TPSA) is 9.23 Å². The van der Waals surface area contributed by atoms with Gasteiger partial charge in [-0.25, -0.2) is 0 Å². The quantitative estimate of drug-likeness (QED) is 0.618. The van der Waals surface area contributed by atoms with Crippen LogP contribution in [0.2, 0.25) is 0 Å². The maximum atomic E-state index is 5.92. The summed E-state index contributed by atoms with van der Waals surface area (Å²) < 4.78 is 5.92. The van der Waals surface area contributed by atoms with Crippen molar-refractivity contribution in [2.45, 2.75) is 59.0 Å². The zero-order chi connectivity index (χ0) is 12.4. The van der Waals surface area contributed by atoms with Crippen LogP contribution in [0.25, 0.3) is 0 Å². The Morgan fingerprint density at radius 1 is 1.18 bits per heavy atom. The molecule has 3 rings (SSSR count). The molecule has 0 aromatic rings. The van der Waals surface area contributed by atoms with Gasteiger partial charge in [0.2, 0.25) is 0 Å². The third-order valence-corrected chi connectivity index (χ3v) is 6.22. The van der Waals surface area contributed by atoms with E-state index in [9.17, 15) is 0 Å². The van der Waals surface area contributed by atoms with Gasteiger partial charge in [0, 0.05) is 13.0 Å². The summed E-state index contributed by atoms with van der Waals surface area (Å²) in [6.45, 7) is 9.64. The molecule has 0 unspecified atom stereocenters. The molecule has 1 heteroatoms. The van der Waals surface area contributed by atoms with E-state index < -0.39 is 0 Å². The Bertz CT molecular complexity index is 379. The van der Waals surface area contributed by atoms with Gasteiger partial charge in [-0.3, -0.25) is 0 Å². The molecule has 0 radical (unpaired) electrons. The van der Waals surface area contributed by atoms with E-state index in [1.54, 1.807) is 11.1 Å². The van der Waals surface area contributed by atoms with Crippen LogP contribution >= 0.6 is 0 Å². The molecule has 96 valence electrons. The highest BCUT2D eigenvalue weighted by atomic mass is 16.5. The molecule has 0 aromatic carbocycles. The van der Waals surface area contributed by atoms with Gasteiger partial charge in [0.05, 0.1) is 5.60 Å². The van der Waals surface area contributed by atoms with E-state index in [2.05, 4.69) is 27.7 Å². The summed E-state index contributed by atoms with van der Waals surface area (Å²) in [6.07, 6.45) is 5.23. The number of rotatable bonds is 1. The molecule has 4 atom stereocenters. The highest BCUT2D eigenvalue weighted by Crippen LogP contribution is 2.70. The Hall–Kier alpha value is -0.300. The minimum Gasteiger partial charge on any atom is -0.378 e. The average molecular weight is 234 g/mol. The summed E-state index contributed by atoms with van der Waals surface area (Å²) in [5.41, 5.74) is 4.15. The molecule has 3 aliphatic rings. The Balaban J connectivity index is 2.02. The Labute approximate surface area is 106 Å². The van der Waals surface area contributed by atoms with Gasteiger partial charge in [0.25, 0.3) is 0 Å². The number of fused-ring (bicyclic) bond motifs is 3. The molecular weight excluding hydrogens is 208 g/mol. The van der Waals surface area contributed by atoms with E-state index in [4.69, 9.17) is 4.74 Å². The highest BCUT2D eigenvalue weighted by Gasteiger charge is 2.64. The SMILES string of the molecule is CO[C@@]1(C)CC[C@H]2[C@H](C3=C(C)CC[C@H]31)C2(C)C. The lowest BCUT2D eigenvalue weighted by atomic mass is 9.78. The van der Waals surface area contributed by atoms with Crippen molar-refractivity contribution in [3.63, 3.8) is 0 Å². The maximum absolute atomic E-state index is 5.92. The first-order valence-corrected chi connectivity index (χ1v) is 7.16. The molecule has 0 N–H and O–H groups in total. The molecule has 2 saturated carbocycles. The average Bonchev–Trinajstić information content (AvgIpc) is 2.65. The molecule has 17 heavy (non-hydrogen) atoms. The van der Waals surface area contributed by atoms with Crippen molar-refractivity contribution in [1.82, 2.24) is 0 Å². The molecule has 3 aliphatic carbocycles. The van der Waals surface area contributed by atoms with Crippen LogP contribution in [-0.2, 0) is 4.74 Å². The molecule has 2 fully saturated rings. The van der Waals surface area contributed by atoms with Crippen molar-refractivity contribution in [2.24, 2.45) is 23.2 Å². The predicted octanol–water partition coefficient (Wildman–Crippen LogP) is 4.18. The summed E-state index contributed by atoms with van der Waals surface area (Å²) in [7, 11) is 1.91. The van der Waals surface area contributed by atoms with Crippen LogP contribution < -0.4 is 0 Å². The summed E-state index contributed by atoms with van der Waals surface area (Å²) in [5.74, 6) is 2.49. The van der Waals surface area contributed by atoms with Crippen molar-refractivity contribution in [3.05, 3.63) is 11.1 Å². The van der Waals surface area contributed by atoms with Crippen LogP contribution in [0.5, 0.6) is 0 Å². The zero-order valence-corrected chi connectivity index (χ0v) is 12.0. The number of methoxy groups -OCH3 is 1. The number of allylic oxidation sites excluding steroid dienone is 1. The van der Waals surface area contributed by atoms with Gasteiger partial charge in [-0.2, -0.15) is 0 Å². The molecule has 0 aromatic heterocycles. The van der Waals surface area contributed by atoms with E-state index in [0.29, 0.717) is 11.3 Å². The lowest BCUT2D eigenvalue weighted by Gasteiger charge is -2.36. The maximum Gasteiger partial charge on any atom is 0.0716 e. The number of hydrogen-bond acceptors (Lipinski definition) is 1. The second-order valence-electron chi connectivity index (χ2n) is 7.29. The molecule has 0 spiro atoms. The molecule has 0 aliphatic heterocycles. The minimum absolute atomic E-state index is 0.108. The van der Waals surface area contributed by atoms with E-state index in [0.717, 1.165) is 11.8 Å². The second-order valence-corrected chi connectivity index (χ2v) is 7.29. The summed E-state index contributed by atoms with van der Waals surface area (Å²) >= 11 is 0. The minimum atomic E-state index is 0.108. The largest absolute Gasteiger partial charge is 0.378 e. The van der Waals surface area contributed by atoms with E-state index in [1.165, 1.54) is 25.7 Å². The van der Waals surface area contributed by atoms with Crippen molar-refractivity contribution in [1.29, 1.82) is 0 Å². The number of hydrogen-bond donors (Lipinski definition) is 0. The van der Waals surface area contributed by atoms with E-state index >= 15 is 0 Å². The fourth-order valence-corrected chi connectivity index (χ4v) is 4.84. The predicted molar refractivity (Wildman–Crippen MR) is 70.8 cm³/mol. The smallest absolute Gasteiger partial charge is 0.0716 e. The normalized spacial score (nSPS) is 47.5. The van der Waals surface area contributed by atoms with Crippen LogP contribution in [0.1, 0.15) is 53.4 Å². The van der Waals surface area contributed by atoms with Gasteiger partial charge in [0.15, 0.2) is 0 Å². The summed E-state index contributed by atoms with van der Waals surface area (Å²) in [5, 5.41) is 0. The first kappa shape index (κ1) is 11.8. The molecule has 0 heterocycles. The highest BCUT2D eigenvalue weighted by molar-refractivity contribution is 5.36. The van der Waals surface area contributed by atoms with Gasteiger partial charge in [-0.15, -0.1) is 0 Å². The van der Waals surface area contributed by atoms with Crippen molar-refractivity contribution in [2.75, 3.05) is 7.11 Å². The van der Waals surface area contributed by atoms with E-state index in [-0.39, 0.29) is 5.60 Å². The van der Waals surface area contributed by atoms with E-state index in [1.807, 2.05) is 7.11 Å². The van der Waals surface area contributed by atoms with Crippen LogP contribution in [0.3, 0.4) is 0 Å². The van der Waals surface area contributed by atoms with Gasteiger partial charge in [0.1, 0.15) is 0 Å². The number of ether oxygens (including phenoxy) is 1. The van der Waals surface area contributed by atoms with Gasteiger partial charge in [-0.1, -0.05) is 25.0 Å². The Kier molecular flexibility index (Phi) is 2.34. The lowest BCUT2D eigenvalue weighted by Crippen LogP contribution is -2.37.